The molecule has 0 spiro atoms. The van der Waals surface area contributed by atoms with E-state index in [-0.39, 0.29) is 11.8 Å². The lowest BCUT2D eigenvalue weighted by molar-refractivity contribution is -0.0498. The summed E-state index contributed by atoms with van der Waals surface area (Å²) in [4.78, 5) is 0. The number of nitrogens with one attached hydrogen (secondary N) is 2. The van der Waals surface area contributed by atoms with Crippen LogP contribution in [0.5, 0.6) is 5.75 Å². The number of hydrogen-bond acceptors (Lipinski definition) is 2. The minimum atomic E-state index is -2.83. The normalized spacial score (nSPS) is 12.1. The molecule has 6 heteroatoms. The fourth-order valence-electron chi connectivity index (χ4n) is 2.32. The number of rotatable bonds is 6. The number of anilines is 1. The smallest absolute Gasteiger partial charge is 0.387 e. The molecule has 0 fully saturated rings. The molecule has 3 nitrogen and oxygen atoms in total. The average molecular weight is 350 g/mol. The maximum absolute atomic E-state index is 12.1. The summed E-state index contributed by atoms with van der Waals surface area (Å²) in [6, 6.07) is 16.3. The average Bonchev–Trinajstić information content (AvgIpc) is 2.54. The molecule has 0 heterocycles. The Morgan fingerprint density at radius 2 is 1.62 bits per heavy atom. The largest absolute Gasteiger partial charge is 0.435 e. The van der Waals surface area contributed by atoms with Gasteiger partial charge in [0.15, 0.2) is 5.11 Å². The number of ether oxygens (including phenoxy) is 1. The predicted molar refractivity (Wildman–Crippen MR) is 96.5 cm³/mol. The van der Waals surface area contributed by atoms with Gasteiger partial charge in [-0.05, 0) is 48.0 Å². The van der Waals surface area contributed by atoms with Crippen LogP contribution >= 0.6 is 12.2 Å². The molecule has 0 aromatic heterocycles. The van der Waals surface area contributed by atoms with Crippen LogP contribution in [0.25, 0.3) is 0 Å². The summed E-state index contributed by atoms with van der Waals surface area (Å²) in [7, 11) is 0. The second-order valence-electron chi connectivity index (χ2n) is 5.63. The van der Waals surface area contributed by atoms with Gasteiger partial charge in [-0.25, -0.2) is 0 Å². The van der Waals surface area contributed by atoms with Crippen molar-refractivity contribution in [2.24, 2.45) is 5.92 Å². The zero-order chi connectivity index (χ0) is 17.5. The van der Waals surface area contributed by atoms with E-state index in [1.54, 1.807) is 12.1 Å². The summed E-state index contributed by atoms with van der Waals surface area (Å²) in [5, 5.41) is 6.82. The van der Waals surface area contributed by atoms with Crippen LogP contribution < -0.4 is 15.4 Å². The van der Waals surface area contributed by atoms with E-state index in [1.807, 2.05) is 18.2 Å². The summed E-state index contributed by atoms with van der Waals surface area (Å²) in [6.07, 6.45) is 0. The van der Waals surface area contributed by atoms with Crippen LogP contribution in [0.4, 0.5) is 14.5 Å². The van der Waals surface area contributed by atoms with Gasteiger partial charge in [0.2, 0.25) is 0 Å². The Labute approximate surface area is 146 Å². The third-order valence-electron chi connectivity index (χ3n) is 3.45. The number of benzene rings is 2. The van der Waals surface area contributed by atoms with E-state index in [9.17, 15) is 8.78 Å². The van der Waals surface area contributed by atoms with Gasteiger partial charge in [0.05, 0.1) is 6.04 Å². The summed E-state index contributed by atoms with van der Waals surface area (Å²) >= 11 is 5.36. The molecule has 2 N–H and O–H groups in total. The second-order valence-corrected chi connectivity index (χ2v) is 6.04. The van der Waals surface area contributed by atoms with Gasteiger partial charge < -0.3 is 15.4 Å². The molecule has 0 aliphatic carbocycles. The molecule has 0 bridgehead atoms. The van der Waals surface area contributed by atoms with E-state index < -0.39 is 6.61 Å². The van der Waals surface area contributed by atoms with Crippen molar-refractivity contribution in [3.8, 4) is 5.75 Å². The van der Waals surface area contributed by atoms with Crippen LogP contribution in [0.2, 0.25) is 0 Å². The molecule has 2 aromatic carbocycles. The van der Waals surface area contributed by atoms with Gasteiger partial charge in [-0.3, -0.25) is 0 Å². The van der Waals surface area contributed by atoms with Gasteiger partial charge in [0.25, 0.3) is 0 Å². The highest BCUT2D eigenvalue weighted by Gasteiger charge is 2.16. The third-order valence-corrected chi connectivity index (χ3v) is 3.67. The van der Waals surface area contributed by atoms with Gasteiger partial charge in [0.1, 0.15) is 5.75 Å². The van der Waals surface area contributed by atoms with E-state index in [1.165, 1.54) is 12.1 Å². The Balaban J connectivity index is 1.98. The number of alkyl halides is 2. The van der Waals surface area contributed by atoms with Crippen molar-refractivity contribution in [3.05, 3.63) is 60.2 Å². The molecule has 0 aliphatic rings. The molecule has 0 radical (unpaired) electrons. The molecule has 0 aliphatic heterocycles. The summed E-state index contributed by atoms with van der Waals surface area (Å²) in [5.41, 5.74) is 1.85. The lowest BCUT2D eigenvalue weighted by Gasteiger charge is -2.24. The highest BCUT2D eigenvalue weighted by atomic mass is 32.1. The molecule has 24 heavy (non-hydrogen) atoms. The molecule has 0 saturated heterocycles. The minimum absolute atomic E-state index is 0.0765. The van der Waals surface area contributed by atoms with Crippen molar-refractivity contribution in [2.75, 3.05) is 5.32 Å². The Hall–Kier alpha value is -2.21. The van der Waals surface area contributed by atoms with Crippen molar-refractivity contribution in [2.45, 2.75) is 26.5 Å². The predicted octanol–water partition coefficient (Wildman–Crippen LogP) is 4.97. The van der Waals surface area contributed by atoms with Crippen LogP contribution in [0.1, 0.15) is 25.5 Å². The number of thiocarbonyl (C=S) groups is 1. The van der Waals surface area contributed by atoms with Crippen molar-refractivity contribution in [1.82, 2.24) is 5.32 Å². The zero-order valence-electron chi connectivity index (χ0n) is 13.5. The van der Waals surface area contributed by atoms with E-state index in [0.29, 0.717) is 16.7 Å². The Kier molecular flexibility index (Phi) is 6.49. The number of halogens is 2. The minimum Gasteiger partial charge on any atom is -0.435 e. The Morgan fingerprint density at radius 1 is 1.00 bits per heavy atom. The van der Waals surface area contributed by atoms with Gasteiger partial charge >= 0.3 is 6.61 Å². The standard InChI is InChI=1S/C18H20F2N2OS/c1-12(2)16(13-6-4-3-5-7-13)22-18(24)21-14-8-10-15(11-9-14)23-17(19)20/h3-12,16-17H,1-2H3,(H2,21,22,24)/t16-/m1/s1. The summed E-state index contributed by atoms with van der Waals surface area (Å²) in [5.74, 6) is 0.452. The molecule has 0 saturated carbocycles. The zero-order valence-corrected chi connectivity index (χ0v) is 14.3. The fraction of sp³-hybridized carbons (Fsp3) is 0.278. The first kappa shape index (κ1) is 18.1. The monoisotopic (exact) mass is 350 g/mol. The van der Waals surface area contributed by atoms with E-state index in [4.69, 9.17) is 12.2 Å². The van der Waals surface area contributed by atoms with Crippen LogP contribution in [-0.4, -0.2) is 11.7 Å². The maximum atomic E-state index is 12.1. The molecule has 0 amide bonds. The third kappa shape index (κ3) is 5.45. The molecule has 2 rings (SSSR count). The van der Waals surface area contributed by atoms with Gasteiger partial charge in [-0.1, -0.05) is 44.2 Å². The topological polar surface area (TPSA) is 33.3 Å². The molecule has 2 aromatic rings. The Bertz CT molecular complexity index is 648. The molecule has 128 valence electrons. The SMILES string of the molecule is CC(C)[C@@H](NC(=S)Nc1ccc(OC(F)F)cc1)c1ccccc1. The summed E-state index contributed by atoms with van der Waals surface area (Å²) < 4.78 is 28.6. The van der Waals surface area contributed by atoms with Crippen LogP contribution in [0, 0.1) is 5.92 Å². The van der Waals surface area contributed by atoms with Crippen LogP contribution in [0.3, 0.4) is 0 Å². The first-order valence-electron chi connectivity index (χ1n) is 7.63. The van der Waals surface area contributed by atoms with E-state index in [2.05, 4.69) is 41.4 Å². The van der Waals surface area contributed by atoms with Gasteiger partial charge in [-0.2, -0.15) is 8.78 Å². The first-order chi connectivity index (χ1) is 11.5. The fourth-order valence-corrected chi connectivity index (χ4v) is 2.57. The van der Waals surface area contributed by atoms with E-state index in [0.717, 1.165) is 5.56 Å². The first-order valence-corrected chi connectivity index (χ1v) is 8.04. The molecular weight excluding hydrogens is 330 g/mol. The maximum Gasteiger partial charge on any atom is 0.387 e. The molecule has 0 unspecified atom stereocenters. The highest BCUT2D eigenvalue weighted by molar-refractivity contribution is 7.80. The lowest BCUT2D eigenvalue weighted by atomic mass is 9.96. The summed E-state index contributed by atoms with van der Waals surface area (Å²) in [6.45, 7) is 1.40. The van der Waals surface area contributed by atoms with Crippen molar-refractivity contribution in [3.63, 3.8) is 0 Å². The van der Waals surface area contributed by atoms with Gasteiger partial charge in [-0.15, -0.1) is 0 Å². The number of hydrogen-bond donors (Lipinski definition) is 2. The van der Waals surface area contributed by atoms with Crippen molar-refractivity contribution in [1.29, 1.82) is 0 Å². The Morgan fingerprint density at radius 3 is 2.17 bits per heavy atom. The quantitative estimate of drug-likeness (QED) is 0.721. The van der Waals surface area contributed by atoms with Crippen molar-refractivity contribution >= 4 is 23.0 Å². The molecular formula is C18H20F2N2OS. The van der Waals surface area contributed by atoms with E-state index >= 15 is 0 Å². The molecule has 1 atom stereocenters. The van der Waals surface area contributed by atoms with Crippen LogP contribution in [0.15, 0.2) is 54.6 Å². The highest BCUT2D eigenvalue weighted by Crippen LogP contribution is 2.22. The lowest BCUT2D eigenvalue weighted by Crippen LogP contribution is -2.34. The van der Waals surface area contributed by atoms with Crippen molar-refractivity contribution < 1.29 is 13.5 Å². The van der Waals surface area contributed by atoms with Crippen LogP contribution in [-0.2, 0) is 0 Å². The van der Waals surface area contributed by atoms with Gasteiger partial charge in [0, 0.05) is 5.69 Å². The second kappa shape index (κ2) is 8.59.